The van der Waals surface area contributed by atoms with Gasteiger partial charge in [0, 0.05) is 10.8 Å². The van der Waals surface area contributed by atoms with Crippen molar-refractivity contribution in [3.8, 4) is 0 Å². The van der Waals surface area contributed by atoms with Crippen molar-refractivity contribution < 1.29 is 44.8 Å². The van der Waals surface area contributed by atoms with Gasteiger partial charge in [-0.05, 0) is 11.1 Å². The normalized spacial score (nSPS) is 11.8. The zero-order valence-electron chi connectivity index (χ0n) is 30.3. The minimum atomic E-state index is -0.0417. The number of hydrogen-bond donors (Lipinski definition) is 0. The zero-order valence-corrected chi connectivity index (χ0v) is 33.4. The topological polar surface area (TPSA) is 0 Å². The molecule has 0 saturated carbocycles. The molecule has 0 aromatic heterocycles. The molecule has 0 spiro atoms. The molecule has 0 aliphatic heterocycles. The van der Waals surface area contributed by atoms with Gasteiger partial charge in [-0.3, -0.25) is 6.08 Å². The van der Waals surface area contributed by atoms with Crippen LogP contribution in [-0.2, 0) is 30.8 Å². The molecule has 7 aromatic carbocycles. The third kappa shape index (κ3) is 9.43. The maximum atomic E-state index is 2.99. The van der Waals surface area contributed by atoms with Crippen LogP contribution in [0.4, 0.5) is 0 Å². The second kappa shape index (κ2) is 18.5. The fourth-order valence-electron chi connectivity index (χ4n) is 6.54. The second-order valence-electron chi connectivity index (χ2n) is 13.8. The SMILES string of the molecule is CC(C)(c1ccccc1)c1ccc2[cH-]c3ccc(C(C)(C)c4ccccc4)cc3c2c1.[C-]1=CC=CC1.[Cl-].[Cl-].[Ti+2]=[C](c1ccccc1)c1ccccc1. The van der Waals surface area contributed by atoms with E-state index in [1.54, 1.807) is 0 Å². The van der Waals surface area contributed by atoms with Crippen LogP contribution in [0.1, 0.15) is 67.5 Å². The molecule has 0 heterocycles. The summed E-state index contributed by atoms with van der Waals surface area (Å²) in [6, 6.07) is 58.9. The van der Waals surface area contributed by atoms with Crippen LogP contribution >= 0.6 is 0 Å². The summed E-state index contributed by atoms with van der Waals surface area (Å²) in [5.41, 5.74) is 7.89. The summed E-state index contributed by atoms with van der Waals surface area (Å²) in [7, 11) is 0. The zero-order chi connectivity index (χ0) is 35.0. The van der Waals surface area contributed by atoms with E-state index < -0.39 is 0 Å². The molecule has 7 aromatic rings. The Morgan fingerprint density at radius 3 is 1.23 bits per heavy atom. The Morgan fingerprint density at radius 2 is 0.904 bits per heavy atom. The molecule has 0 nitrogen and oxygen atoms in total. The molecule has 0 N–H and O–H groups in total. The van der Waals surface area contributed by atoms with Crippen LogP contribution in [0.25, 0.3) is 21.5 Å². The fourth-order valence-corrected chi connectivity index (χ4v) is 7.06. The van der Waals surface area contributed by atoms with Gasteiger partial charge in [-0.2, -0.15) is 6.08 Å². The predicted molar refractivity (Wildman–Crippen MR) is 212 cm³/mol. The van der Waals surface area contributed by atoms with Gasteiger partial charge in [-0.15, -0.1) is 46.2 Å². The van der Waals surface area contributed by atoms with Crippen LogP contribution in [0.15, 0.2) is 182 Å². The number of halogens is 2. The summed E-state index contributed by atoms with van der Waals surface area (Å²) < 4.78 is 1.33. The minimum absolute atomic E-state index is 0. The van der Waals surface area contributed by atoms with Crippen molar-refractivity contribution in [1.82, 2.24) is 0 Å². The van der Waals surface area contributed by atoms with Gasteiger partial charge in [-0.25, -0.2) is 12.2 Å². The number of rotatable bonds is 6. The van der Waals surface area contributed by atoms with Gasteiger partial charge in [0.15, 0.2) is 0 Å². The average Bonchev–Trinajstić information content (AvgIpc) is 3.88. The van der Waals surface area contributed by atoms with Crippen molar-refractivity contribution in [2.75, 3.05) is 0 Å². The third-order valence-corrected chi connectivity index (χ3v) is 10.8. The van der Waals surface area contributed by atoms with Crippen LogP contribution < -0.4 is 24.8 Å². The first-order valence-corrected chi connectivity index (χ1v) is 18.2. The predicted octanol–water partition coefficient (Wildman–Crippen LogP) is 6.48. The van der Waals surface area contributed by atoms with E-state index in [-0.39, 0.29) is 35.6 Å². The van der Waals surface area contributed by atoms with Gasteiger partial charge < -0.3 is 24.8 Å². The average molecular weight is 752 g/mol. The van der Waals surface area contributed by atoms with Gasteiger partial charge in [0.2, 0.25) is 0 Å². The van der Waals surface area contributed by atoms with Crippen LogP contribution in [0.3, 0.4) is 0 Å². The Hall–Kier alpha value is -4.17. The first kappa shape index (κ1) is 40.6. The van der Waals surface area contributed by atoms with Crippen molar-refractivity contribution in [2.45, 2.75) is 44.9 Å². The van der Waals surface area contributed by atoms with Crippen LogP contribution in [0, 0.1) is 6.08 Å². The first-order chi connectivity index (χ1) is 24.2. The molecule has 0 radical (unpaired) electrons. The molecule has 0 unspecified atom stereocenters. The monoisotopic (exact) mass is 750 g/mol. The summed E-state index contributed by atoms with van der Waals surface area (Å²) >= 11 is 2.16. The van der Waals surface area contributed by atoms with Crippen molar-refractivity contribution in [3.63, 3.8) is 0 Å². The molecular weight excluding hydrogens is 707 g/mol. The summed E-state index contributed by atoms with van der Waals surface area (Å²) in [6.45, 7) is 9.27. The van der Waals surface area contributed by atoms with Gasteiger partial charge in [0.1, 0.15) is 0 Å². The number of fused-ring (bicyclic) bond motifs is 3. The summed E-state index contributed by atoms with van der Waals surface area (Å²) in [4.78, 5) is 0. The Balaban J connectivity index is 0.000000238. The van der Waals surface area contributed by atoms with E-state index >= 15 is 0 Å². The summed E-state index contributed by atoms with van der Waals surface area (Å²) in [5.74, 6) is 0. The third-order valence-electron chi connectivity index (χ3n) is 9.85. The summed E-state index contributed by atoms with van der Waals surface area (Å²) in [5, 5.41) is 5.33. The molecule has 1 aliphatic carbocycles. The molecule has 3 heteroatoms. The number of benzene rings is 6. The van der Waals surface area contributed by atoms with Gasteiger partial charge in [-0.1, -0.05) is 124 Å². The van der Waals surface area contributed by atoms with Crippen LogP contribution in [-0.4, -0.2) is 3.81 Å². The van der Waals surface area contributed by atoms with E-state index in [1.807, 2.05) is 24.3 Å². The molecule has 1 aliphatic rings. The quantitative estimate of drug-likeness (QED) is 0.135. The van der Waals surface area contributed by atoms with Gasteiger partial charge in [0.05, 0.1) is 0 Å². The summed E-state index contributed by atoms with van der Waals surface area (Å²) in [6.07, 6.45) is 10.0. The fraction of sp³-hybridized carbons (Fsp3) is 0.143. The molecule has 0 amide bonds. The van der Waals surface area contributed by atoms with E-state index in [9.17, 15) is 0 Å². The Bertz CT molecular complexity index is 2070. The van der Waals surface area contributed by atoms with Gasteiger partial charge in [0.25, 0.3) is 0 Å². The van der Waals surface area contributed by atoms with Crippen molar-refractivity contribution in [3.05, 3.63) is 221 Å². The molecule has 0 fully saturated rings. The standard InChI is InChI=1S/C31H29.C13H10.C5H5.2ClH.Ti/c1-30(2,24-11-7-5-8-12-24)26-17-15-22-19-23-16-18-27(21-29(23)28(22)20-26)31(3,4)25-13-9-6-10-14-25;1-3-7-12(8-4-1)11-13-9-5-2-6-10-13;1-2-4-5-3-1;;;/h5-21H,1-4H3;1-10H;1-3H,4H2;2*1H;/q-1;;-1;;;+2/p-2. The molecule has 0 atom stereocenters. The molecule has 260 valence electrons. The van der Waals surface area contributed by atoms with E-state index in [0.717, 1.165) is 6.42 Å². The van der Waals surface area contributed by atoms with E-state index in [2.05, 4.69) is 211 Å². The molecular formula is C49H44Cl2Ti-2. The molecule has 52 heavy (non-hydrogen) atoms. The van der Waals surface area contributed by atoms with Crippen molar-refractivity contribution in [2.24, 2.45) is 0 Å². The maximum absolute atomic E-state index is 2.99. The molecule has 0 saturated heterocycles. The Morgan fingerprint density at radius 1 is 0.519 bits per heavy atom. The second-order valence-corrected chi connectivity index (χ2v) is 14.6. The van der Waals surface area contributed by atoms with Gasteiger partial charge >= 0.3 is 95.6 Å². The Labute approximate surface area is 334 Å². The van der Waals surface area contributed by atoms with Crippen LogP contribution in [0.5, 0.6) is 0 Å². The number of allylic oxidation sites excluding steroid dienone is 4. The van der Waals surface area contributed by atoms with Crippen molar-refractivity contribution >= 4 is 25.4 Å². The Kier molecular flexibility index (Phi) is 14.5. The van der Waals surface area contributed by atoms with E-state index in [1.165, 1.54) is 58.7 Å². The van der Waals surface area contributed by atoms with E-state index in [0.29, 0.717) is 0 Å². The molecule has 8 rings (SSSR count). The molecule has 0 bridgehead atoms. The first-order valence-electron chi connectivity index (χ1n) is 17.4. The van der Waals surface area contributed by atoms with E-state index in [4.69, 9.17) is 0 Å². The van der Waals surface area contributed by atoms with Crippen LogP contribution in [0.2, 0.25) is 0 Å². The number of hydrogen-bond acceptors (Lipinski definition) is 0. The van der Waals surface area contributed by atoms with Crippen molar-refractivity contribution in [1.29, 1.82) is 0 Å².